The largest absolute Gasteiger partial charge is 0.481 e. The van der Waals surface area contributed by atoms with Crippen molar-refractivity contribution in [2.45, 2.75) is 127 Å². The van der Waals surface area contributed by atoms with Gasteiger partial charge in [-0.15, -0.1) is 0 Å². The quantitative estimate of drug-likeness (QED) is 0.151. The lowest BCUT2D eigenvalue weighted by molar-refractivity contribution is -0.140. The van der Waals surface area contributed by atoms with Crippen LogP contribution in [0.4, 0.5) is 0 Å². The molecule has 1 N–H and O–H groups in total. The molecule has 0 amide bonds. The molecule has 0 bridgehead atoms. The fourth-order valence-electron chi connectivity index (χ4n) is 3.42. The van der Waals surface area contributed by atoms with E-state index >= 15 is 0 Å². The number of allylic oxidation sites excluding steroid dienone is 11. The predicted molar refractivity (Wildman–Crippen MR) is 164 cm³/mol. The summed E-state index contributed by atoms with van der Waals surface area (Å²) < 4.78 is 4.88. The van der Waals surface area contributed by atoms with Crippen molar-refractivity contribution in [3.8, 4) is 0 Å². The monoisotopic (exact) mass is 528 g/mol. The maximum Gasteiger partial charge on any atom is 0.303 e. The van der Waals surface area contributed by atoms with E-state index in [2.05, 4.69) is 79.7 Å². The molecular weight excluding hydrogens is 472 g/mol. The fourth-order valence-corrected chi connectivity index (χ4v) is 3.42. The van der Waals surface area contributed by atoms with Crippen LogP contribution in [0.15, 0.2) is 69.9 Å². The minimum Gasteiger partial charge on any atom is -0.481 e. The number of esters is 1. The first-order chi connectivity index (χ1) is 17.8. The van der Waals surface area contributed by atoms with E-state index in [0.717, 1.165) is 51.4 Å². The summed E-state index contributed by atoms with van der Waals surface area (Å²) in [6.07, 6.45) is 22.7. The molecule has 38 heavy (non-hydrogen) atoms. The van der Waals surface area contributed by atoms with Gasteiger partial charge in [-0.3, -0.25) is 9.59 Å². The van der Waals surface area contributed by atoms with Crippen LogP contribution in [-0.4, -0.2) is 23.7 Å². The number of hydrogen-bond donors (Lipinski definition) is 1. The van der Waals surface area contributed by atoms with Gasteiger partial charge in [0.05, 0.1) is 0 Å². The zero-order chi connectivity index (χ0) is 29.3. The maximum absolute atomic E-state index is 10.6. The van der Waals surface area contributed by atoms with Crippen molar-refractivity contribution in [3.05, 3.63) is 69.9 Å². The highest BCUT2D eigenvalue weighted by atomic mass is 16.5. The second-order valence-corrected chi connectivity index (χ2v) is 10.7. The van der Waals surface area contributed by atoms with Gasteiger partial charge in [-0.2, -0.15) is 0 Å². The number of carboxylic acid groups (broad SMARTS) is 1. The number of carbonyl (C=O) groups excluding carboxylic acids is 1. The Morgan fingerprint density at radius 2 is 0.816 bits per heavy atom. The Labute approximate surface area is 234 Å². The molecule has 0 heterocycles. The Morgan fingerprint density at radius 1 is 0.500 bits per heavy atom. The molecule has 0 radical (unpaired) electrons. The summed E-state index contributed by atoms with van der Waals surface area (Å²) in [5.41, 5.74) is 8.22. The smallest absolute Gasteiger partial charge is 0.303 e. The molecular formula is C34H56O4. The van der Waals surface area contributed by atoms with Crippen LogP contribution >= 0.6 is 0 Å². The van der Waals surface area contributed by atoms with E-state index in [1.165, 1.54) is 40.4 Å². The summed E-state index contributed by atoms with van der Waals surface area (Å²) in [4.78, 5) is 21.0. The minimum atomic E-state index is -0.723. The molecule has 0 spiro atoms. The van der Waals surface area contributed by atoms with E-state index in [9.17, 15) is 9.59 Å². The van der Waals surface area contributed by atoms with Crippen LogP contribution in [-0.2, 0) is 14.3 Å². The second-order valence-electron chi connectivity index (χ2n) is 10.7. The fraction of sp³-hybridized carbons (Fsp3) is 0.588. The number of aliphatic carboxylic acids is 1. The molecule has 0 fully saturated rings. The third-order valence-corrected chi connectivity index (χ3v) is 5.81. The molecule has 0 saturated carbocycles. The van der Waals surface area contributed by atoms with E-state index < -0.39 is 5.97 Å². The van der Waals surface area contributed by atoms with Crippen LogP contribution in [0, 0.1) is 0 Å². The lowest BCUT2D eigenvalue weighted by Gasteiger charge is -2.02. The lowest BCUT2D eigenvalue weighted by Crippen LogP contribution is -1.98. The molecule has 4 nitrogen and oxygen atoms in total. The number of carbonyl (C=O) groups is 2. The average molecular weight is 529 g/mol. The lowest BCUT2D eigenvalue weighted by atomic mass is 10.1. The van der Waals surface area contributed by atoms with Crippen molar-refractivity contribution < 1.29 is 19.4 Å². The van der Waals surface area contributed by atoms with Gasteiger partial charge in [0.15, 0.2) is 0 Å². The molecule has 0 rings (SSSR count). The van der Waals surface area contributed by atoms with Crippen molar-refractivity contribution in [1.82, 2.24) is 0 Å². The summed E-state index contributed by atoms with van der Waals surface area (Å²) in [6, 6.07) is 0. The van der Waals surface area contributed by atoms with Crippen molar-refractivity contribution in [1.29, 1.82) is 0 Å². The summed E-state index contributed by atoms with van der Waals surface area (Å²) in [5.74, 6) is -0.946. The van der Waals surface area contributed by atoms with E-state index in [1.54, 1.807) is 0 Å². The van der Waals surface area contributed by atoms with Gasteiger partial charge in [-0.05, 0) is 119 Å². The number of carboxylic acids is 1. The van der Waals surface area contributed by atoms with Crippen molar-refractivity contribution in [2.24, 2.45) is 0 Å². The third-order valence-electron chi connectivity index (χ3n) is 5.81. The molecule has 0 aromatic heterocycles. The zero-order valence-electron chi connectivity index (χ0n) is 25.9. The van der Waals surface area contributed by atoms with Gasteiger partial charge < -0.3 is 9.84 Å². The summed E-state index contributed by atoms with van der Waals surface area (Å²) in [6.45, 7) is 18.9. The van der Waals surface area contributed by atoms with Gasteiger partial charge in [0.2, 0.25) is 0 Å². The molecule has 0 aliphatic rings. The van der Waals surface area contributed by atoms with Crippen LogP contribution < -0.4 is 0 Å². The molecule has 216 valence electrons. The number of rotatable bonds is 17. The Kier molecular flexibility index (Phi) is 24.4. The minimum absolute atomic E-state index is 0.223. The first-order valence-corrected chi connectivity index (χ1v) is 14.1. The maximum atomic E-state index is 10.6. The Bertz CT molecular complexity index is 783. The average Bonchev–Trinajstić information content (AvgIpc) is 2.78. The molecule has 0 aliphatic heterocycles. The summed E-state index contributed by atoms with van der Waals surface area (Å²) >= 11 is 0. The highest BCUT2D eigenvalue weighted by molar-refractivity contribution is 5.66. The van der Waals surface area contributed by atoms with Gasteiger partial charge >= 0.3 is 11.9 Å². The van der Waals surface area contributed by atoms with Crippen LogP contribution in [0.1, 0.15) is 127 Å². The van der Waals surface area contributed by atoms with Crippen LogP contribution in [0.3, 0.4) is 0 Å². The molecule has 0 unspecified atom stereocenters. The molecule has 0 saturated heterocycles. The van der Waals surface area contributed by atoms with Crippen molar-refractivity contribution >= 4 is 11.9 Å². The second kappa shape index (κ2) is 24.7. The van der Waals surface area contributed by atoms with E-state index in [0.29, 0.717) is 13.0 Å². The highest BCUT2D eigenvalue weighted by Crippen LogP contribution is 2.13. The van der Waals surface area contributed by atoms with E-state index in [-0.39, 0.29) is 12.4 Å². The predicted octanol–water partition coefficient (Wildman–Crippen LogP) is 10.2. The molecule has 4 heteroatoms. The van der Waals surface area contributed by atoms with Gasteiger partial charge in [0, 0.05) is 13.3 Å². The van der Waals surface area contributed by atoms with E-state index in [1.807, 2.05) is 12.2 Å². The first-order valence-electron chi connectivity index (χ1n) is 14.1. The van der Waals surface area contributed by atoms with Gasteiger partial charge in [-0.1, -0.05) is 63.8 Å². The zero-order valence-corrected chi connectivity index (χ0v) is 25.9. The Hall–Kier alpha value is -2.62. The van der Waals surface area contributed by atoms with Gasteiger partial charge in [-0.25, -0.2) is 0 Å². The van der Waals surface area contributed by atoms with Crippen LogP contribution in [0.2, 0.25) is 0 Å². The topological polar surface area (TPSA) is 63.6 Å². The highest BCUT2D eigenvalue weighted by Gasteiger charge is 1.96. The third kappa shape index (κ3) is 31.4. The standard InChI is InChI=1S/2C17H28O2/c1-14(2)8-6-9-15(3)10-7-11-16(4)12-13-19-17(5)18;1-14(2)8-5-9-15(3)10-6-11-16(4)12-7-13-17(18)19/h8,10,12H,6-7,9,11,13H2,1-5H3;8,10,12H,5-7,9,11,13H2,1-4H3,(H,18,19). The number of ether oxygens (including phenoxy) is 1. The normalized spacial score (nSPS) is 12.3. The van der Waals surface area contributed by atoms with E-state index in [4.69, 9.17) is 9.84 Å². The number of hydrogen-bond acceptors (Lipinski definition) is 3. The molecule has 0 atom stereocenters. The summed E-state index contributed by atoms with van der Waals surface area (Å²) in [5, 5.41) is 8.55. The van der Waals surface area contributed by atoms with Gasteiger partial charge in [0.25, 0.3) is 0 Å². The Balaban J connectivity index is 0. The van der Waals surface area contributed by atoms with Crippen molar-refractivity contribution in [3.63, 3.8) is 0 Å². The van der Waals surface area contributed by atoms with Crippen LogP contribution in [0.25, 0.3) is 0 Å². The van der Waals surface area contributed by atoms with Gasteiger partial charge in [0.1, 0.15) is 6.61 Å². The van der Waals surface area contributed by atoms with Crippen LogP contribution in [0.5, 0.6) is 0 Å². The first kappa shape index (κ1) is 37.5. The SMILES string of the molecule is CC(=O)OCC=C(C)CCC=C(C)CCC=C(C)C.CC(C)=CCCC(C)=CCCC(C)=CCCC(=O)O. The molecule has 0 aromatic rings. The summed E-state index contributed by atoms with van der Waals surface area (Å²) in [7, 11) is 0. The molecule has 0 aliphatic carbocycles. The van der Waals surface area contributed by atoms with Crippen molar-refractivity contribution in [2.75, 3.05) is 6.61 Å². The Morgan fingerprint density at radius 3 is 1.13 bits per heavy atom. The molecule has 0 aromatic carbocycles.